The summed E-state index contributed by atoms with van der Waals surface area (Å²) in [6, 6.07) is 0.522. The molecule has 0 aromatic carbocycles. The molecule has 4 nitrogen and oxygen atoms in total. The Morgan fingerprint density at radius 3 is 2.87 bits per heavy atom. The van der Waals surface area contributed by atoms with Gasteiger partial charge in [-0.2, -0.15) is 11.8 Å². The number of nitrogens with zero attached hydrogens (tertiary/aromatic N) is 2. The Hall–Kier alpha value is -0.970. The summed E-state index contributed by atoms with van der Waals surface area (Å²) >= 11 is 2.01. The zero-order valence-corrected chi connectivity index (χ0v) is 9.68. The maximum Gasteiger partial charge on any atom is 0.223 e. The first-order chi connectivity index (χ1) is 7.25. The van der Waals surface area contributed by atoms with E-state index in [2.05, 4.69) is 15.3 Å². The quantitative estimate of drug-likeness (QED) is 0.800. The molecule has 1 aromatic heterocycles. The molecule has 0 atom stereocenters. The molecule has 0 aliphatic carbocycles. The third-order valence-electron chi connectivity index (χ3n) is 2.57. The highest BCUT2D eigenvalue weighted by atomic mass is 32.2. The Labute approximate surface area is 94.1 Å². The molecular weight excluding hydrogens is 208 g/mol. The normalized spacial score (nSPS) is 17.7. The number of anilines is 2. The lowest BCUT2D eigenvalue weighted by Gasteiger charge is -2.22. The number of nitrogens with two attached hydrogens (primary N) is 1. The van der Waals surface area contributed by atoms with Crippen LogP contribution in [0, 0.1) is 6.92 Å². The molecule has 1 aliphatic heterocycles. The number of rotatable bonds is 2. The van der Waals surface area contributed by atoms with E-state index in [1.54, 1.807) is 6.20 Å². The van der Waals surface area contributed by atoms with Crippen LogP contribution in [0.4, 0.5) is 11.6 Å². The summed E-state index contributed by atoms with van der Waals surface area (Å²) in [4.78, 5) is 8.49. The van der Waals surface area contributed by atoms with Crippen LogP contribution in [0.3, 0.4) is 0 Å². The van der Waals surface area contributed by atoms with Crippen molar-refractivity contribution in [3.05, 3.63) is 11.9 Å². The van der Waals surface area contributed by atoms with Gasteiger partial charge in [0, 0.05) is 6.04 Å². The van der Waals surface area contributed by atoms with Crippen molar-refractivity contribution in [2.75, 3.05) is 22.6 Å². The molecular formula is C10H16N4S. The number of aryl methyl sites for hydroxylation is 1. The van der Waals surface area contributed by atoms with Gasteiger partial charge in [0.05, 0.1) is 17.6 Å². The van der Waals surface area contributed by atoms with Gasteiger partial charge in [-0.15, -0.1) is 0 Å². The second-order valence-corrected chi connectivity index (χ2v) is 4.99. The van der Waals surface area contributed by atoms with Gasteiger partial charge in [-0.3, -0.25) is 0 Å². The predicted molar refractivity (Wildman–Crippen MR) is 65.2 cm³/mol. The van der Waals surface area contributed by atoms with E-state index in [0.717, 1.165) is 5.69 Å². The molecule has 0 amide bonds. The zero-order chi connectivity index (χ0) is 10.7. The molecule has 0 saturated carbocycles. The molecule has 2 heterocycles. The molecule has 2 rings (SSSR count). The molecule has 0 spiro atoms. The van der Waals surface area contributed by atoms with Crippen LogP contribution in [0.5, 0.6) is 0 Å². The average molecular weight is 224 g/mol. The van der Waals surface area contributed by atoms with E-state index in [0.29, 0.717) is 17.7 Å². The summed E-state index contributed by atoms with van der Waals surface area (Å²) in [5.74, 6) is 3.16. The Bertz CT molecular complexity index is 336. The second kappa shape index (κ2) is 4.70. The maximum absolute atomic E-state index is 5.67. The number of thioether (sulfide) groups is 1. The summed E-state index contributed by atoms with van der Waals surface area (Å²) in [6.07, 6.45) is 4.05. The van der Waals surface area contributed by atoms with E-state index in [4.69, 9.17) is 5.73 Å². The number of aromatic nitrogens is 2. The molecule has 0 unspecified atom stereocenters. The summed E-state index contributed by atoms with van der Waals surface area (Å²) in [6.45, 7) is 1.90. The first-order valence-electron chi connectivity index (χ1n) is 5.19. The van der Waals surface area contributed by atoms with Crippen molar-refractivity contribution >= 4 is 23.4 Å². The van der Waals surface area contributed by atoms with Gasteiger partial charge < -0.3 is 11.1 Å². The van der Waals surface area contributed by atoms with Gasteiger partial charge in [0.25, 0.3) is 0 Å². The molecule has 1 aliphatic rings. The van der Waals surface area contributed by atoms with E-state index < -0.39 is 0 Å². The predicted octanol–water partition coefficient (Wildman–Crippen LogP) is 1.67. The number of nitrogens with one attached hydrogen (secondary N) is 1. The van der Waals surface area contributed by atoms with Gasteiger partial charge in [-0.1, -0.05) is 0 Å². The fourth-order valence-corrected chi connectivity index (χ4v) is 2.68. The van der Waals surface area contributed by atoms with Crippen molar-refractivity contribution < 1.29 is 0 Å². The van der Waals surface area contributed by atoms with E-state index in [9.17, 15) is 0 Å². The first-order valence-corrected chi connectivity index (χ1v) is 6.34. The lowest BCUT2D eigenvalue weighted by Crippen LogP contribution is -2.25. The van der Waals surface area contributed by atoms with E-state index >= 15 is 0 Å². The van der Waals surface area contributed by atoms with Gasteiger partial charge in [0.2, 0.25) is 5.95 Å². The monoisotopic (exact) mass is 224 g/mol. The van der Waals surface area contributed by atoms with Gasteiger partial charge >= 0.3 is 0 Å². The van der Waals surface area contributed by atoms with Crippen LogP contribution in [0.1, 0.15) is 18.5 Å². The third-order valence-corrected chi connectivity index (χ3v) is 3.62. The van der Waals surface area contributed by atoms with Crippen LogP contribution < -0.4 is 11.1 Å². The van der Waals surface area contributed by atoms with Crippen molar-refractivity contribution in [2.45, 2.75) is 25.8 Å². The van der Waals surface area contributed by atoms with E-state index in [-0.39, 0.29) is 0 Å². The Morgan fingerprint density at radius 2 is 2.20 bits per heavy atom. The summed E-state index contributed by atoms with van der Waals surface area (Å²) in [7, 11) is 0. The minimum Gasteiger partial charge on any atom is -0.396 e. The summed E-state index contributed by atoms with van der Waals surface area (Å²) in [5, 5.41) is 3.36. The Morgan fingerprint density at radius 1 is 1.47 bits per heavy atom. The summed E-state index contributed by atoms with van der Waals surface area (Å²) in [5.41, 5.74) is 7.16. The van der Waals surface area contributed by atoms with Gasteiger partial charge in [-0.25, -0.2) is 9.97 Å². The molecule has 1 saturated heterocycles. The van der Waals surface area contributed by atoms with Crippen LogP contribution in [-0.4, -0.2) is 27.5 Å². The average Bonchev–Trinajstić information content (AvgIpc) is 2.25. The number of hydrogen-bond donors (Lipinski definition) is 2. The van der Waals surface area contributed by atoms with Crippen molar-refractivity contribution in [1.82, 2.24) is 9.97 Å². The van der Waals surface area contributed by atoms with Crippen molar-refractivity contribution in [3.63, 3.8) is 0 Å². The van der Waals surface area contributed by atoms with Crippen LogP contribution in [0.15, 0.2) is 6.20 Å². The van der Waals surface area contributed by atoms with Gasteiger partial charge in [-0.05, 0) is 31.3 Å². The van der Waals surface area contributed by atoms with Crippen LogP contribution >= 0.6 is 11.8 Å². The minimum atomic E-state index is 0.522. The standard InChI is InChI=1S/C10H16N4S/c1-7-9(11)6-12-10(13-7)14-8-2-4-15-5-3-8/h6,8H,2-5,11H2,1H3,(H,12,13,14). The number of nitrogen functional groups attached to an aromatic ring is 1. The zero-order valence-electron chi connectivity index (χ0n) is 8.86. The van der Waals surface area contributed by atoms with Crippen molar-refractivity contribution in [2.24, 2.45) is 0 Å². The molecule has 82 valence electrons. The fourth-order valence-electron chi connectivity index (χ4n) is 1.57. The summed E-state index contributed by atoms with van der Waals surface area (Å²) < 4.78 is 0. The van der Waals surface area contributed by atoms with Gasteiger partial charge in [0.15, 0.2) is 0 Å². The molecule has 0 radical (unpaired) electrons. The smallest absolute Gasteiger partial charge is 0.223 e. The lowest BCUT2D eigenvalue weighted by molar-refractivity contribution is 0.659. The minimum absolute atomic E-state index is 0.522. The second-order valence-electron chi connectivity index (χ2n) is 3.77. The topological polar surface area (TPSA) is 63.8 Å². The van der Waals surface area contributed by atoms with Crippen LogP contribution in [-0.2, 0) is 0 Å². The first kappa shape index (κ1) is 10.5. The molecule has 0 bridgehead atoms. The highest BCUT2D eigenvalue weighted by Gasteiger charge is 2.14. The largest absolute Gasteiger partial charge is 0.396 e. The van der Waals surface area contributed by atoms with Crippen molar-refractivity contribution in [1.29, 1.82) is 0 Å². The lowest BCUT2D eigenvalue weighted by atomic mass is 10.2. The molecule has 15 heavy (non-hydrogen) atoms. The number of hydrogen-bond acceptors (Lipinski definition) is 5. The van der Waals surface area contributed by atoms with Gasteiger partial charge in [0.1, 0.15) is 0 Å². The highest BCUT2D eigenvalue weighted by molar-refractivity contribution is 7.99. The highest BCUT2D eigenvalue weighted by Crippen LogP contribution is 2.19. The molecule has 1 fully saturated rings. The van der Waals surface area contributed by atoms with Crippen LogP contribution in [0.2, 0.25) is 0 Å². The Kier molecular flexibility index (Phi) is 3.30. The van der Waals surface area contributed by atoms with Crippen molar-refractivity contribution in [3.8, 4) is 0 Å². The molecule has 1 aromatic rings. The SMILES string of the molecule is Cc1nc(NC2CCSCC2)ncc1N. The molecule has 5 heteroatoms. The third kappa shape index (κ3) is 2.75. The van der Waals surface area contributed by atoms with Crippen LogP contribution in [0.25, 0.3) is 0 Å². The van der Waals surface area contributed by atoms with E-state index in [1.165, 1.54) is 24.3 Å². The fraction of sp³-hybridized carbons (Fsp3) is 0.600. The van der Waals surface area contributed by atoms with E-state index in [1.807, 2.05) is 18.7 Å². The maximum atomic E-state index is 5.67. The Balaban J connectivity index is 2.00. The molecule has 3 N–H and O–H groups in total.